The number of thioether (sulfide) groups is 1. The molecule has 1 aliphatic carbocycles. The van der Waals surface area contributed by atoms with Gasteiger partial charge in [0.2, 0.25) is 5.91 Å². The Balaban J connectivity index is 1.91. The quantitative estimate of drug-likeness (QED) is 0.840. The molecule has 2 heterocycles. The monoisotopic (exact) mass is 319 g/mol. The average Bonchev–Trinajstić information content (AvgIpc) is 2.90. The van der Waals surface area contributed by atoms with Crippen molar-refractivity contribution in [3.8, 4) is 11.5 Å². The maximum atomic E-state index is 12.4. The van der Waals surface area contributed by atoms with E-state index in [0.29, 0.717) is 11.7 Å². The zero-order valence-electron chi connectivity index (χ0n) is 13.1. The molecule has 5 heteroatoms. The number of fused-ring (bicyclic) bond motifs is 1. The van der Waals surface area contributed by atoms with Crippen molar-refractivity contribution in [2.45, 2.75) is 30.6 Å². The molecular formula is C17H21NO3S. The third-order valence-corrected chi connectivity index (χ3v) is 6.97. The first-order valence-electron chi connectivity index (χ1n) is 7.90. The van der Waals surface area contributed by atoms with Gasteiger partial charge in [0.05, 0.1) is 20.0 Å². The summed E-state index contributed by atoms with van der Waals surface area (Å²) in [6.07, 6.45) is 4.55. The van der Waals surface area contributed by atoms with Crippen molar-refractivity contribution in [1.82, 2.24) is 4.90 Å². The van der Waals surface area contributed by atoms with Gasteiger partial charge in [-0.15, -0.1) is 11.8 Å². The second kappa shape index (κ2) is 5.08. The number of rotatable bonds is 2. The third kappa shape index (κ3) is 1.75. The van der Waals surface area contributed by atoms with Crippen LogP contribution in [0.2, 0.25) is 0 Å². The fraction of sp³-hybridized carbons (Fsp3) is 0.588. The highest BCUT2D eigenvalue weighted by atomic mass is 32.2. The van der Waals surface area contributed by atoms with Crippen LogP contribution < -0.4 is 9.47 Å². The van der Waals surface area contributed by atoms with Crippen LogP contribution in [0.15, 0.2) is 12.1 Å². The van der Waals surface area contributed by atoms with E-state index >= 15 is 0 Å². The predicted molar refractivity (Wildman–Crippen MR) is 86.4 cm³/mol. The molecule has 1 spiro atoms. The second-order valence-electron chi connectivity index (χ2n) is 6.27. The number of nitrogens with zero attached hydrogens (tertiary/aromatic N) is 1. The van der Waals surface area contributed by atoms with E-state index in [9.17, 15) is 4.79 Å². The topological polar surface area (TPSA) is 38.8 Å². The molecule has 2 atom stereocenters. The van der Waals surface area contributed by atoms with Gasteiger partial charge >= 0.3 is 0 Å². The van der Waals surface area contributed by atoms with Gasteiger partial charge in [-0.3, -0.25) is 4.79 Å². The molecular weight excluding hydrogens is 298 g/mol. The SMILES string of the molecule is COc1cc2c(cc1OC)C13SCC(=O)N1CCCC3CC2. The van der Waals surface area contributed by atoms with Crippen molar-refractivity contribution >= 4 is 17.7 Å². The van der Waals surface area contributed by atoms with Crippen LogP contribution in [0.3, 0.4) is 0 Å². The molecule has 0 bridgehead atoms. The molecule has 3 aliphatic rings. The van der Waals surface area contributed by atoms with Crippen LogP contribution in [0.25, 0.3) is 0 Å². The van der Waals surface area contributed by atoms with E-state index in [1.165, 1.54) is 17.5 Å². The van der Waals surface area contributed by atoms with Crippen molar-refractivity contribution in [1.29, 1.82) is 0 Å². The molecule has 0 aromatic heterocycles. The van der Waals surface area contributed by atoms with Crippen LogP contribution in [-0.4, -0.2) is 37.3 Å². The van der Waals surface area contributed by atoms with Gasteiger partial charge in [-0.25, -0.2) is 0 Å². The fourth-order valence-corrected chi connectivity index (χ4v) is 6.07. The van der Waals surface area contributed by atoms with Gasteiger partial charge in [0, 0.05) is 6.54 Å². The summed E-state index contributed by atoms with van der Waals surface area (Å²) in [4.78, 5) is 14.4. The summed E-state index contributed by atoms with van der Waals surface area (Å²) in [5.41, 5.74) is 2.58. The zero-order valence-corrected chi connectivity index (χ0v) is 13.9. The largest absolute Gasteiger partial charge is 0.493 e. The van der Waals surface area contributed by atoms with Crippen LogP contribution in [0.1, 0.15) is 30.4 Å². The fourth-order valence-electron chi connectivity index (χ4n) is 4.41. The molecule has 118 valence electrons. The van der Waals surface area contributed by atoms with Gasteiger partial charge in [-0.2, -0.15) is 0 Å². The molecule has 2 saturated heterocycles. The van der Waals surface area contributed by atoms with Crippen LogP contribution in [0, 0.1) is 5.92 Å². The summed E-state index contributed by atoms with van der Waals surface area (Å²) in [6.45, 7) is 0.885. The Morgan fingerprint density at radius 1 is 1.23 bits per heavy atom. The van der Waals surface area contributed by atoms with Crippen molar-refractivity contribution in [2.24, 2.45) is 5.92 Å². The minimum absolute atomic E-state index is 0.164. The lowest BCUT2D eigenvalue weighted by Gasteiger charge is -2.51. The Bertz CT molecular complexity index is 633. The first-order valence-corrected chi connectivity index (χ1v) is 8.89. The Labute approximate surface area is 135 Å². The van der Waals surface area contributed by atoms with Crippen LogP contribution in [-0.2, 0) is 16.1 Å². The number of hydrogen-bond acceptors (Lipinski definition) is 4. The van der Waals surface area contributed by atoms with Crippen LogP contribution >= 0.6 is 11.8 Å². The smallest absolute Gasteiger partial charge is 0.234 e. The maximum absolute atomic E-state index is 12.4. The lowest BCUT2D eigenvalue weighted by molar-refractivity contribution is -0.134. The molecule has 4 rings (SSSR count). The molecule has 1 aromatic carbocycles. The highest BCUT2D eigenvalue weighted by Gasteiger charge is 2.56. The van der Waals surface area contributed by atoms with Gasteiger partial charge in [-0.05, 0) is 54.9 Å². The summed E-state index contributed by atoms with van der Waals surface area (Å²) in [6, 6.07) is 4.22. The van der Waals surface area contributed by atoms with Gasteiger partial charge in [0.25, 0.3) is 0 Å². The van der Waals surface area contributed by atoms with Crippen molar-refractivity contribution < 1.29 is 14.3 Å². The zero-order chi connectivity index (χ0) is 15.3. The molecule has 0 N–H and O–H groups in total. The lowest BCUT2D eigenvalue weighted by Crippen LogP contribution is -2.53. The van der Waals surface area contributed by atoms with E-state index in [1.807, 2.05) is 11.8 Å². The number of piperidine rings is 1. The number of methoxy groups -OCH3 is 2. The van der Waals surface area contributed by atoms with Crippen LogP contribution in [0.5, 0.6) is 11.5 Å². The third-order valence-electron chi connectivity index (χ3n) is 5.36. The molecule has 1 amide bonds. The van der Waals surface area contributed by atoms with Gasteiger partial charge < -0.3 is 14.4 Å². The average molecular weight is 319 g/mol. The number of ether oxygens (including phenoxy) is 2. The number of hydrogen-bond donors (Lipinski definition) is 0. The van der Waals surface area contributed by atoms with E-state index < -0.39 is 0 Å². The Hall–Kier alpha value is -1.36. The first-order chi connectivity index (χ1) is 10.7. The summed E-state index contributed by atoms with van der Waals surface area (Å²) in [5, 5.41) is 0. The maximum Gasteiger partial charge on any atom is 0.234 e. The number of carbonyl (C=O) groups is 1. The van der Waals surface area contributed by atoms with Crippen molar-refractivity contribution in [3.05, 3.63) is 23.3 Å². The van der Waals surface area contributed by atoms with E-state index in [0.717, 1.165) is 37.3 Å². The normalized spacial score (nSPS) is 29.6. The lowest BCUT2D eigenvalue weighted by atomic mass is 9.74. The first kappa shape index (κ1) is 14.2. The van der Waals surface area contributed by atoms with Gasteiger partial charge in [0.15, 0.2) is 11.5 Å². The molecule has 22 heavy (non-hydrogen) atoms. The number of benzene rings is 1. The Morgan fingerprint density at radius 3 is 2.77 bits per heavy atom. The Kier molecular flexibility index (Phi) is 3.29. The summed E-state index contributed by atoms with van der Waals surface area (Å²) in [5.74, 6) is 3.00. The van der Waals surface area contributed by atoms with E-state index in [4.69, 9.17) is 9.47 Å². The van der Waals surface area contributed by atoms with E-state index in [2.05, 4.69) is 17.0 Å². The predicted octanol–water partition coefficient (Wildman–Crippen LogP) is 2.79. The molecule has 1 aromatic rings. The van der Waals surface area contributed by atoms with Gasteiger partial charge in [0.1, 0.15) is 4.87 Å². The molecule has 2 aliphatic heterocycles. The summed E-state index contributed by atoms with van der Waals surface area (Å²) in [7, 11) is 3.35. The number of aryl methyl sites for hydroxylation is 1. The number of amides is 1. The summed E-state index contributed by atoms with van der Waals surface area (Å²) < 4.78 is 11.0. The minimum atomic E-state index is -0.164. The molecule has 0 saturated carbocycles. The van der Waals surface area contributed by atoms with Gasteiger partial charge in [-0.1, -0.05) is 0 Å². The van der Waals surface area contributed by atoms with E-state index in [1.54, 1.807) is 14.2 Å². The molecule has 0 radical (unpaired) electrons. The highest BCUT2D eigenvalue weighted by Crippen LogP contribution is 2.59. The molecule has 4 nitrogen and oxygen atoms in total. The molecule has 2 unspecified atom stereocenters. The standard InChI is InChI=1S/C17H21NO3S/c1-20-14-8-11-5-6-12-4-3-7-18-16(19)10-22-17(12,18)13(11)9-15(14)21-2/h8-9,12H,3-7,10H2,1-2H3. The summed E-state index contributed by atoms with van der Waals surface area (Å²) >= 11 is 1.82. The van der Waals surface area contributed by atoms with Crippen molar-refractivity contribution in [2.75, 3.05) is 26.5 Å². The van der Waals surface area contributed by atoms with Crippen molar-refractivity contribution in [3.63, 3.8) is 0 Å². The highest BCUT2D eigenvalue weighted by molar-refractivity contribution is 8.01. The minimum Gasteiger partial charge on any atom is -0.493 e. The Morgan fingerprint density at radius 2 is 2.00 bits per heavy atom. The second-order valence-corrected chi connectivity index (χ2v) is 7.47. The molecule has 2 fully saturated rings. The number of carbonyl (C=O) groups excluding carboxylic acids is 1. The van der Waals surface area contributed by atoms with E-state index in [-0.39, 0.29) is 10.8 Å². The van der Waals surface area contributed by atoms with Crippen LogP contribution in [0.4, 0.5) is 0 Å².